The van der Waals surface area contributed by atoms with E-state index in [9.17, 15) is 13.2 Å². The Morgan fingerprint density at radius 1 is 1.64 bits per heavy atom. The molecule has 0 fully saturated rings. The normalized spacial score (nSPS) is 10.4. The van der Waals surface area contributed by atoms with Crippen molar-refractivity contribution >= 4 is 27.0 Å². The van der Waals surface area contributed by atoms with Crippen LogP contribution in [0.2, 0.25) is 0 Å². The van der Waals surface area contributed by atoms with Gasteiger partial charge in [0.2, 0.25) is 0 Å². The van der Waals surface area contributed by atoms with Crippen LogP contribution >= 0.6 is 11.8 Å². The number of carbonyl (C=O) groups is 1. The minimum Gasteiger partial charge on any atom is -1.00 e. The maximum Gasteiger partial charge on any atom is 1.00 e. The van der Waals surface area contributed by atoms with Gasteiger partial charge >= 0.3 is 29.6 Å². The summed E-state index contributed by atoms with van der Waals surface area (Å²) in [7, 11) is -3.89. The van der Waals surface area contributed by atoms with Crippen molar-refractivity contribution in [3.63, 3.8) is 0 Å². The molecular weight excluding hydrogens is 199 g/mol. The van der Waals surface area contributed by atoms with Crippen LogP contribution in [0.25, 0.3) is 0 Å². The molecule has 0 amide bonds. The predicted molar refractivity (Wildman–Crippen MR) is 40.7 cm³/mol. The zero-order valence-electron chi connectivity index (χ0n) is 7.40. The Hall–Kier alpha value is 0.930. The van der Waals surface area contributed by atoms with Crippen LogP contribution in [0.4, 0.5) is 0 Å². The summed E-state index contributed by atoms with van der Waals surface area (Å²) in [6.07, 6.45) is 0. The maximum absolute atomic E-state index is 10.2. The Balaban J connectivity index is -0.000000405. The fraction of sp³-hybridized carbons (Fsp3) is 0.750. The molecule has 7 heteroatoms. The molecule has 0 bridgehead atoms. The summed E-state index contributed by atoms with van der Waals surface area (Å²) in [6, 6.07) is 0. The molecule has 0 saturated carbocycles. The second-order valence-electron chi connectivity index (χ2n) is 1.63. The molecule has 0 spiro atoms. The Labute approximate surface area is 93.6 Å². The Kier molecular flexibility index (Phi) is 8.47. The molecule has 0 saturated heterocycles. The summed E-state index contributed by atoms with van der Waals surface area (Å²) in [6.45, 7) is 1.34. The first kappa shape index (κ1) is 14.5. The monoisotopic (exact) mass is 208 g/mol. The molecule has 0 unspecified atom stereocenters. The van der Waals surface area contributed by atoms with E-state index in [1.807, 2.05) is 0 Å². The quantitative estimate of drug-likeness (QED) is 0.403. The number of rotatable bonds is 3. The first-order valence-corrected chi connectivity index (χ1v) is 5.10. The van der Waals surface area contributed by atoms with E-state index in [1.54, 1.807) is 0 Å². The van der Waals surface area contributed by atoms with Crippen LogP contribution in [-0.4, -0.2) is 29.6 Å². The minimum atomic E-state index is -3.89. The zero-order valence-corrected chi connectivity index (χ0v) is 10.0. The topological polar surface area (TPSA) is 71.4 Å². The standard InChI is InChI=1S/C4H8O4S2.Na.H/c1-4(5)9-2-3-10(6,7)8;;/h2-3H2,1H3,(H,6,7,8);;/q;+1;-1. The average molecular weight is 208 g/mol. The van der Waals surface area contributed by atoms with Crippen LogP contribution < -0.4 is 29.6 Å². The van der Waals surface area contributed by atoms with E-state index >= 15 is 0 Å². The van der Waals surface area contributed by atoms with Gasteiger partial charge in [0.05, 0.1) is 5.75 Å². The molecule has 0 aromatic rings. The van der Waals surface area contributed by atoms with E-state index in [0.29, 0.717) is 0 Å². The van der Waals surface area contributed by atoms with E-state index in [2.05, 4.69) is 0 Å². The van der Waals surface area contributed by atoms with Gasteiger partial charge in [0, 0.05) is 12.7 Å². The molecule has 0 heterocycles. The molecule has 0 rings (SSSR count). The molecular formula is C4H9NaO4S2. The maximum atomic E-state index is 10.2. The molecule has 0 radical (unpaired) electrons. The van der Waals surface area contributed by atoms with Gasteiger partial charge in [0.25, 0.3) is 10.1 Å². The summed E-state index contributed by atoms with van der Waals surface area (Å²) in [5.74, 6) is -0.245. The number of thioether (sulfide) groups is 1. The Morgan fingerprint density at radius 2 is 2.09 bits per heavy atom. The largest absolute Gasteiger partial charge is 1.00 e. The van der Waals surface area contributed by atoms with Gasteiger partial charge in [-0.1, -0.05) is 11.8 Å². The van der Waals surface area contributed by atoms with Crippen molar-refractivity contribution < 1.29 is 48.7 Å². The molecule has 0 atom stereocenters. The first-order valence-electron chi connectivity index (χ1n) is 2.50. The summed E-state index contributed by atoms with van der Waals surface area (Å²) >= 11 is 0.880. The van der Waals surface area contributed by atoms with E-state index in [4.69, 9.17) is 4.55 Å². The summed E-state index contributed by atoms with van der Waals surface area (Å²) in [5.41, 5.74) is 0. The fourth-order valence-corrected chi connectivity index (χ4v) is 1.75. The van der Waals surface area contributed by atoms with Crippen molar-refractivity contribution in [3.05, 3.63) is 0 Å². The van der Waals surface area contributed by atoms with E-state index in [1.165, 1.54) is 6.92 Å². The van der Waals surface area contributed by atoms with Gasteiger partial charge in [0.1, 0.15) is 0 Å². The van der Waals surface area contributed by atoms with Crippen LogP contribution in [0.1, 0.15) is 8.35 Å². The van der Waals surface area contributed by atoms with Gasteiger partial charge in [-0.05, 0) is 0 Å². The second-order valence-corrected chi connectivity index (χ2v) is 4.47. The third-order valence-corrected chi connectivity index (χ3v) is 2.44. The third-order valence-electron chi connectivity index (χ3n) is 0.647. The van der Waals surface area contributed by atoms with Crippen LogP contribution in [0.3, 0.4) is 0 Å². The van der Waals surface area contributed by atoms with E-state index in [0.717, 1.165) is 11.8 Å². The zero-order chi connectivity index (χ0) is 8.20. The van der Waals surface area contributed by atoms with Crippen LogP contribution in [0.5, 0.6) is 0 Å². The van der Waals surface area contributed by atoms with Gasteiger partial charge < -0.3 is 1.43 Å². The van der Waals surface area contributed by atoms with Crippen LogP contribution in [0.15, 0.2) is 0 Å². The molecule has 0 aliphatic rings. The molecule has 0 aromatic carbocycles. The van der Waals surface area contributed by atoms with Crippen molar-refractivity contribution in [1.29, 1.82) is 0 Å². The van der Waals surface area contributed by atoms with E-state index in [-0.39, 0.29) is 47.6 Å². The van der Waals surface area contributed by atoms with Gasteiger partial charge in [-0.15, -0.1) is 0 Å². The minimum absolute atomic E-state index is 0. The summed E-state index contributed by atoms with van der Waals surface area (Å²) in [4.78, 5) is 10.2. The number of hydrogen-bond donors (Lipinski definition) is 1. The molecule has 4 nitrogen and oxygen atoms in total. The predicted octanol–water partition coefficient (Wildman–Crippen LogP) is -2.73. The second kappa shape index (κ2) is 6.45. The summed E-state index contributed by atoms with van der Waals surface area (Å²) < 4.78 is 28.3. The van der Waals surface area contributed by atoms with Crippen molar-refractivity contribution in [2.24, 2.45) is 0 Å². The Bertz CT molecular complexity index is 215. The molecule has 0 aliphatic carbocycles. The van der Waals surface area contributed by atoms with Gasteiger partial charge in [-0.3, -0.25) is 9.35 Å². The molecule has 11 heavy (non-hydrogen) atoms. The average Bonchev–Trinajstić information content (AvgIpc) is 1.59. The number of carbonyl (C=O) groups excluding carboxylic acids is 1. The third kappa shape index (κ3) is 13.9. The fourth-order valence-electron chi connectivity index (χ4n) is 0.291. The molecule has 62 valence electrons. The molecule has 1 N–H and O–H groups in total. The van der Waals surface area contributed by atoms with E-state index < -0.39 is 10.1 Å². The SMILES string of the molecule is CC(=O)SCCS(=O)(=O)O.[H-].[Na+]. The van der Waals surface area contributed by atoms with Crippen LogP contribution in [-0.2, 0) is 14.9 Å². The number of hydrogen-bond acceptors (Lipinski definition) is 4. The van der Waals surface area contributed by atoms with Crippen molar-refractivity contribution in [2.45, 2.75) is 6.92 Å². The van der Waals surface area contributed by atoms with Crippen molar-refractivity contribution in [2.75, 3.05) is 11.5 Å². The van der Waals surface area contributed by atoms with Crippen molar-refractivity contribution in [3.8, 4) is 0 Å². The Morgan fingerprint density at radius 3 is 2.36 bits per heavy atom. The summed E-state index contributed by atoms with van der Waals surface area (Å²) in [5, 5.41) is -0.149. The first-order chi connectivity index (χ1) is 4.42. The van der Waals surface area contributed by atoms with Gasteiger partial charge in [-0.25, -0.2) is 0 Å². The molecule has 0 aromatic heterocycles. The molecule has 0 aliphatic heterocycles. The van der Waals surface area contributed by atoms with Crippen molar-refractivity contribution in [1.82, 2.24) is 0 Å². The smallest absolute Gasteiger partial charge is 1.00 e. The van der Waals surface area contributed by atoms with Gasteiger partial charge in [0.15, 0.2) is 5.12 Å². The van der Waals surface area contributed by atoms with Crippen LogP contribution in [0, 0.1) is 0 Å². The van der Waals surface area contributed by atoms with Gasteiger partial charge in [-0.2, -0.15) is 8.42 Å².